The van der Waals surface area contributed by atoms with E-state index in [2.05, 4.69) is 191 Å². The Balaban J connectivity index is 3.54. The molecule has 0 aliphatic carbocycles. The normalized spacial score (nSPS) is 14.4. The van der Waals surface area contributed by atoms with Crippen LogP contribution in [0.3, 0.4) is 0 Å². The van der Waals surface area contributed by atoms with Crippen molar-refractivity contribution in [1.82, 2.24) is 0 Å². The van der Waals surface area contributed by atoms with E-state index in [0.717, 1.165) is 15.5 Å². The molecule has 0 aromatic heterocycles. The van der Waals surface area contributed by atoms with Gasteiger partial charge in [-0.1, -0.05) is 0 Å². The van der Waals surface area contributed by atoms with Crippen molar-refractivity contribution >= 4 is 80.6 Å². The number of rotatable bonds is 13. The third kappa shape index (κ3) is 10.3. The zero-order valence-electron chi connectivity index (χ0n) is 35.2. The molecule has 0 atom stereocenters. The summed E-state index contributed by atoms with van der Waals surface area (Å²) in [6, 6.07) is 13.1. The van der Waals surface area contributed by atoms with Crippen LogP contribution in [0.4, 0.5) is 0 Å². The molecular weight excluding hydrogens is 744 g/mol. The third-order valence-electron chi connectivity index (χ3n) is 10.2. The van der Waals surface area contributed by atoms with Gasteiger partial charge in [0.1, 0.15) is 0 Å². The van der Waals surface area contributed by atoms with Gasteiger partial charge in [0.15, 0.2) is 0 Å². The van der Waals surface area contributed by atoms with E-state index in [0.29, 0.717) is 11.8 Å². The molecule has 0 aliphatic heterocycles. The van der Waals surface area contributed by atoms with E-state index in [1.165, 1.54) is 0 Å². The molecule has 0 amide bonds. The molecule has 0 spiro atoms. The first-order chi connectivity index (χ1) is 20.7. The van der Waals surface area contributed by atoms with Crippen molar-refractivity contribution in [3.8, 4) is 0 Å². The zero-order valence-corrected chi connectivity index (χ0v) is 43.9. The molecule has 0 saturated carbocycles. The van der Waals surface area contributed by atoms with Crippen LogP contribution in [0.25, 0.3) is 0 Å². The van der Waals surface area contributed by atoms with E-state index >= 15 is 0 Å². The number of hydrogen-bond acceptors (Lipinski definition) is 0. The molecule has 47 heavy (non-hydrogen) atoms. The van der Waals surface area contributed by atoms with Crippen molar-refractivity contribution in [1.29, 1.82) is 0 Å². The Labute approximate surface area is 309 Å². The van der Waals surface area contributed by atoms with Crippen LogP contribution in [0.5, 0.6) is 0 Å². The topological polar surface area (TPSA) is 0 Å². The Morgan fingerprint density at radius 3 is 0.915 bits per heavy atom. The molecule has 0 aliphatic rings. The van der Waals surface area contributed by atoms with E-state index in [-0.39, 0.29) is 0 Å². The maximum atomic E-state index is 4.09. The van der Waals surface area contributed by atoms with Crippen LogP contribution in [-0.2, 0) is 0 Å². The van der Waals surface area contributed by atoms with Gasteiger partial charge in [-0.3, -0.25) is 0 Å². The minimum absolute atomic E-state index is 0.515. The van der Waals surface area contributed by atoms with Gasteiger partial charge in [-0.2, -0.15) is 0 Å². The molecule has 0 fully saturated rings. The van der Waals surface area contributed by atoms with E-state index in [1.54, 1.807) is 21.9 Å². The second kappa shape index (κ2) is 14.8. The van der Waals surface area contributed by atoms with Crippen LogP contribution >= 0.6 is 0 Å². The van der Waals surface area contributed by atoms with E-state index in [9.17, 15) is 0 Å². The minimum atomic E-state index is -1.60. The van der Waals surface area contributed by atoms with Gasteiger partial charge in [0, 0.05) is 0 Å². The number of hydrogen-bond donors (Lipinski definition) is 0. The molecule has 0 bridgehead atoms. The molecule has 0 N–H and O–H groups in total. The molecule has 0 heterocycles. The predicted molar refractivity (Wildman–Crippen MR) is 240 cm³/mol. The molecule has 2 aromatic carbocycles. The Morgan fingerprint density at radius 2 is 0.681 bits per heavy atom. The fraction of sp³-hybridized carbons (Fsp3) is 0.692. The van der Waals surface area contributed by atoms with Gasteiger partial charge in [0.25, 0.3) is 0 Å². The summed E-state index contributed by atoms with van der Waals surface area (Å²) in [5.74, 6) is 1.03. The van der Waals surface area contributed by atoms with Gasteiger partial charge in [-0.15, -0.1) is 0 Å². The SMILES string of the molecule is CC(C)c1cccc(C(C)C)c1[Si](=[Se])c1c(C([Si](C)(C)C)[Si](C)(C)C)cc(C([Si](C)(C)C)[Si](C)(C)C)cc1C([Si](C)(C)C)[Si](C)(C)C. The van der Waals surface area contributed by atoms with Gasteiger partial charge in [0.05, 0.1) is 0 Å². The van der Waals surface area contributed by atoms with Crippen molar-refractivity contribution in [3.05, 3.63) is 58.1 Å². The van der Waals surface area contributed by atoms with Crippen molar-refractivity contribution in [2.24, 2.45) is 0 Å². The summed E-state index contributed by atoms with van der Waals surface area (Å²) in [5, 5.41) is 5.71. The predicted octanol–water partition coefficient (Wildman–Crippen LogP) is 11.7. The molecule has 0 nitrogen and oxygen atoms in total. The summed E-state index contributed by atoms with van der Waals surface area (Å²) in [5.41, 5.74) is 8.56. The first-order valence-electron chi connectivity index (χ1n) is 18.6. The van der Waals surface area contributed by atoms with Crippen LogP contribution in [0.2, 0.25) is 118 Å². The van der Waals surface area contributed by atoms with E-state index in [1.807, 2.05) is 16.3 Å². The Bertz CT molecular complexity index is 1290. The van der Waals surface area contributed by atoms with Gasteiger partial charge < -0.3 is 0 Å². The molecule has 0 unspecified atom stereocenters. The fourth-order valence-electron chi connectivity index (χ4n) is 10.3. The molecule has 0 saturated heterocycles. The summed E-state index contributed by atoms with van der Waals surface area (Å²) >= 11 is 4.09. The first-order valence-corrected chi connectivity index (χ1v) is 44.0. The standard InChI is InChI=1S/C39H76SeSi7/c1-28(2)31-24-23-25-32(29(3)4)35(31)41(40)36-33(38(44(11,12)13)45(14,15)16)26-30(37(42(5,6)7)43(8,9)10)27-34(36)39(46(17,18)19)47(20,21)22/h23-29,37-39H,1-22H3. The Kier molecular flexibility index (Phi) is 13.8. The average molecular weight is 821 g/mol. The van der Waals surface area contributed by atoms with Gasteiger partial charge >= 0.3 is 312 Å². The average Bonchev–Trinajstić information content (AvgIpc) is 2.77. The Hall–Kier alpha value is 0.478. The van der Waals surface area contributed by atoms with Crippen LogP contribution in [0, 0.1) is 0 Å². The summed E-state index contributed by atoms with van der Waals surface area (Å²) in [6.45, 7) is 56.9. The molecule has 266 valence electrons. The summed E-state index contributed by atoms with van der Waals surface area (Å²) in [4.78, 5) is 0. The van der Waals surface area contributed by atoms with Gasteiger partial charge in [-0.05, 0) is 0 Å². The summed E-state index contributed by atoms with van der Waals surface area (Å²) < 4.78 is 0. The van der Waals surface area contributed by atoms with Crippen molar-refractivity contribution < 1.29 is 0 Å². The van der Waals surface area contributed by atoms with Crippen LogP contribution < -0.4 is 10.4 Å². The van der Waals surface area contributed by atoms with E-state index in [4.69, 9.17) is 0 Å². The molecule has 2 rings (SSSR count). The molecule has 0 radical (unpaired) electrons. The Morgan fingerprint density at radius 1 is 0.426 bits per heavy atom. The second-order valence-corrected chi connectivity index (χ2v) is 59.8. The van der Waals surface area contributed by atoms with Crippen molar-refractivity contribution in [2.45, 2.75) is 173 Å². The van der Waals surface area contributed by atoms with Gasteiger partial charge in [0.2, 0.25) is 0 Å². The molecular formula is C39H76SeSi7. The molecule has 8 heteroatoms. The quantitative estimate of drug-likeness (QED) is 0.177. The van der Waals surface area contributed by atoms with E-state index < -0.39 is 55.4 Å². The summed E-state index contributed by atoms with van der Waals surface area (Å²) in [7, 11) is -9.43. The van der Waals surface area contributed by atoms with Gasteiger partial charge in [-0.25, -0.2) is 0 Å². The van der Waals surface area contributed by atoms with Crippen LogP contribution in [0.1, 0.15) is 82.8 Å². The van der Waals surface area contributed by atoms with Crippen LogP contribution in [-0.4, -0.2) is 70.3 Å². The summed E-state index contributed by atoms with van der Waals surface area (Å²) in [6.07, 6.45) is 0. The third-order valence-corrected chi connectivity index (χ3v) is 42.7. The number of benzene rings is 2. The van der Waals surface area contributed by atoms with Crippen molar-refractivity contribution in [2.75, 3.05) is 0 Å². The zero-order chi connectivity index (χ0) is 37.0. The maximum absolute atomic E-state index is 4.09. The van der Waals surface area contributed by atoms with Crippen LogP contribution in [0.15, 0.2) is 30.3 Å². The second-order valence-electron chi connectivity index (χ2n) is 22.0. The van der Waals surface area contributed by atoms with Crippen molar-refractivity contribution in [3.63, 3.8) is 0 Å². The monoisotopic (exact) mass is 820 g/mol. The first kappa shape index (κ1) is 43.6. The fourth-order valence-corrected chi connectivity index (χ4v) is 54.5. The molecule has 2 aromatic rings.